The largest absolute Gasteiger partial charge is 0.483 e. The van der Waals surface area contributed by atoms with Crippen molar-refractivity contribution in [3.8, 4) is 5.75 Å². The van der Waals surface area contributed by atoms with Crippen LogP contribution in [0.1, 0.15) is 18.5 Å². The molecule has 0 unspecified atom stereocenters. The summed E-state index contributed by atoms with van der Waals surface area (Å²) < 4.78 is 5.65. The number of likely N-dealkylation sites (N-methyl/N-ethyl adjacent to an activating group) is 1. The number of hydrogen-bond acceptors (Lipinski definition) is 4. The number of nitrogens with two attached hydrogens (primary N) is 1. The molecule has 0 radical (unpaired) electrons. The molecule has 2 rings (SSSR count). The van der Waals surface area contributed by atoms with Gasteiger partial charge in [-0.3, -0.25) is 4.79 Å². The highest BCUT2D eigenvalue weighted by atomic mass is 35.5. The molecule has 5 nitrogen and oxygen atoms in total. The number of halogens is 1. The van der Waals surface area contributed by atoms with Gasteiger partial charge >= 0.3 is 0 Å². The number of piperazine rings is 1. The predicted octanol–water partition coefficient (Wildman–Crippen LogP) is 1.51. The van der Waals surface area contributed by atoms with Crippen molar-refractivity contribution in [1.82, 2.24) is 9.80 Å². The van der Waals surface area contributed by atoms with Crippen molar-refractivity contribution < 1.29 is 9.53 Å². The average Bonchev–Trinajstić information content (AvgIpc) is 2.46. The van der Waals surface area contributed by atoms with Crippen LogP contribution >= 0.6 is 11.6 Å². The van der Waals surface area contributed by atoms with E-state index in [9.17, 15) is 4.79 Å². The molecule has 1 aliphatic heterocycles. The van der Waals surface area contributed by atoms with E-state index in [1.54, 1.807) is 18.2 Å². The van der Waals surface area contributed by atoms with E-state index in [1.807, 2.05) is 11.8 Å². The molecule has 1 saturated heterocycles. The summed E-state index contributed by atoms with van der Waals surface area (Å²) in [5.41, 5.74) is 6.72. The Morgan fingerprint density at radius 2 is 2.05 bits per heavy atom. The van der Waals surface area contributed by atoms with E-state index in [4.69, 9.17) is 22.1 Å². The molecule has 1 heterocycles. The topological polar surface area (TPSA) is 58.8 Å². The number of benzene rings is 1. The first-order valence-electron chi connectivity index (χ1n) is 7.11. The van der Waals surface area contributed by atoms with Gasteiger partial charge < -0.3 is 20.3 Å². The zero-order chi connectivity index (χ0) is 15.4. The van der Waals surface area contributed by atoms with Crippen LogP contribution in [-0.4, -0.2) is 55.5 Å². The normalized spacial score (nSPS) is 17.6. The van der Waals surface area contributed by atoms with Crippen LogP contribution in [0.2, 0.25) is 5.02 Å². The molecule has 1 aromatic rings. The lowest BCUT2D eigenvalue weighted by Gasteiger charge is -2.32. The highest BCUT2D eigenvalue weighted by Gasteiger charge is 2.20. The second-order valence-electron chi connectivity index (χ2n) is 5.44. The second kappa shape index (κ2) is 7.11. The Kier molecular flexibility index (Phi) is 5.45. The standard InChI is InChI=1S/C15H22ClN3O2/c1-11(17)13-9-12(16)3-4-14(13)21-10-15(20)19-7-5-18(2)6-8-19/h3-4,9,11H,5-8,10,17H2,1-2H3/t11-/m1/s1. The molecule has 21 heavy (non-hydrogen) atoms. The lowest BCUT2D eigenvalue weighted by atomic mass is 10.1. The molecule has 0 bridgehead atoms. The van der Waals surface area contributed by atoms with Gasteiger partial charge in [0.25, 0.3) is 5.91 Å². The third-order valence-electron chi connectivity index (χ3n) is 3.67. The third kappa shape index (κ3) is 4.33. The SMILES string of the molecule is C[C@@H](N)c1cc(Cl)ccc1OCC(=O)N1CCN(C)CC1. The Bertz CT molecular complexity index is 500. The minimum Gasteiger partial charge on any atom is -0.483 e. The van der Waals surface area contributed by atoms with Crippen LogP contribution in [0.4, 0.5) is 0 Å². The second-order valence-corrected chi connectivity index (χ2v) is 5.88. The molecule has 0 aliphatic carbocycles. The minimum absolute atomic E-state index is 0.00803. The van der Waals surface area contributed by atoms with E-state index in [0.29, 0.717) is 10.8 Å². The number of ether oxygens (including phenoxy) is 1. The van der Waals surface area contributed by atoms with Crippen LogP contribution < -0.4 is 10.5 Å². The first kappa shape index (κ1) is 16.1. The van der Waals surface area contributed by atoms with Gasteiger partial charge in [-0.1, -0.05) is 11.6 Å². The summed E-state index contributed by atoms with van der Waals surface area (Å²) in [6.45, 7) is 5.19. The van der Waals surface area contributed by atoms with Gasteiger partial charge in [-0.2, -0.15) is 0 Å². The van der Waals surface area contributed by atoms with Gasteiger partial charge in [0.05, 0.1) is 0 Å². The van der Waals surface area contributed by atoms with Gasteiger partial charge in [-0.05, 0) is 32.2 Å². The number of carbonyl (C=O) groups is 1. The van der Waals surface area contributed by atoms with Crippen LogP contribution in [0, 0.1) is 0 Å². The number of carbonyl (C=O) groups excluding carboxylic acids is 1. The number of hydrogen-bond donors (Lipinski definition) is 1. The first-order valence-corrected chi connectivity index (χ1v) is 7.49. The fourth-order valence-electron chi connectivity index (χ4n) is 2.29. The fourth-order valence-corrected chi connectivity index (χ4v) is 2.47. The zero-order valence-electron chi connectivity index (χ0n) is 12.5. The minimum atomic E-state index is -0.197. The molecule has 1 amide bonds. The molecule has 116 valence electrons. The Balaban J connectivity index is 1.95. The van der Waals surface area contributed by atoms with Gasteiger partial charge in [0, 0.05) is 42.8 Å². The van der Waals surface area contributed by atoms with Gasteiger partial charge in [0.1, 0.15) is 5.75 Å². The fraction of sp³-hybridized carbons (Fsp3) is 0.533. The maximum Gasteiger partial charge on any atom is 0.260 e. The van der Waals surface area contributed by atoms with Crippen molar-refractivity contribution in [3.05, 3.63) is 28.8 Å². The summed E-state index contributed by atoms with van der Waals surface area (Å²) in [7, 11) is 2.06. The molecular weight excluding hydrogens is 290 g/mol. The van der Waals surface area contributed by atoms with Crippen LogP contribution in [0.25, 0.3) is 0 Å². The van der Waals surface area contributed by atoms with Gasteiger partial charge in [0.15, 0.2) is 6.61 Å². The van der Waals surface area contributed by atoms with Crippen molar-refractivity contribution in [3.63, 3.8) is 0 Å². The van der Waals surface area contributed by atoms with E-state index in [0.717, 1.165) is 31.7 Å². The number of nitrogens with zero attached hydrogens (tertiary/aromatic N) is 2. The van der Waals surface area contributed by atoms with Crippen LogP contribution in [0.15, 0.2) is 18.2 Å². The summed E-state index contributed by atoms with van der Waals surface area (Å²) >= 11 is 5.97. The van der Waals surface area contributed by atoms with Crippen molar-refractivity contribution in [2.45, 2.75) is 13.0 Å². The molecule has 1 aromatic carbocycles. The molecule has 2 N–H and O–H groups in total. The average molecular weight is 312 g/mol. The molecule has 1 atom stereocenters. The van der Waals surface area contributed by atoms with Crippen molar-refractivity contribution in [1.29, 1.82) is 0 Å². The van der Waals surface area contributed by atoms with Gasteiger partial charge in [-0.25, -0.2) is 0 Å². The summed E-state index contributed by atoms with van der Waals surface area (Å²) in [6.07, 6.45) is 0. The molecule has 0 aromatic heterocycles. The number of amides is 1. The molecule has 0 spiro atoms. The molecule has 1 aliphatic rings. The van der Waals surface area contributed by atoms with Gasteiger partial charge in [-0.15, -0.1) is 0 Å². The van der Waals surface area contributed by atoms with Crippen LogP contribution in [0.5, 0.6) is 5.75 Å². The summed E-state index contributed by atoms with van der Waals surface area (Å²) in [6, 6.07) is 5.08. The highest BCUT2D eigenvalue weighted by Crippen LogP contribution is 2.27. The predicted molar refractivity (Wildman–Crippen MR) is 83.6 cm³/mol. The monoisotopic (exact) mass is 311 g/mol. The van der Waals surface area contributed by atoms with Crippen LogP contribution in [-0.2, 0) is 4.79 Å². The maximum absolute atomic E-state index is 12.2. The molecule has 1 fully saturated rings. The van der Waals surface area contributed by atoms with Crippen LogP contribution in [0.3, 0.4) is 0 Å². The smallest absolute Gasteiger partial charge is 0.260 e. The molecular formula is C15H22ClN3O2. The van der Waals surface area contributed by atoms with E-state index in [1.165, 1.54) is 0 Å². The Morgan fingerprint density at radius 3 is 2.67 bits per heavy atom. The highest BCUT2D eigenvalue weighted by molar-refractivity contribution is 6.30. The van der Waals surface area contributed by atoms with Gasteiger partial charge in [0.2, 0.25) is 0 Å². The third-order valence-corrected chi connectivity index (χ3v) is 3.90. The first-order chi connectivity index (χ1) is 9.97. The Morgan fingerprint density at radius 1 is 1.38 bits per heavy atom. The molecule has 6 heteroatoms. The summed E-state index contributed by atoms with van der Waals surface area (Å²) in [4.78, 5) is 16.2. The maximum atomic E-state index is 12.2. The quantitative estimate of drug-likeness (QED) is 0.916. The van der Waals surface area contributed by atoms with E-state index in [-0.39, 0.29) is 18.6 Å². The Labute approximate surface area is 130 Å². The molecule has 0 saturated carbocycles. The van der Waals surface area contributed by atoms with Crippen molar-refractivity contribution >= 4 is 17.5 Å². The van der Waals surface area contributed by atoms with E-state index < -0.39 is 0 Å². The van der Waals surface area contributed by atoms with Crippen molar-refractivity contribution in [2.24, 2.45) is 5.73 Å². The Hall–Kier alpha value is -1.30. The lowest BCUT2D eigenvalue weighted by Crippen LogP contribution is -2.48. The zero-order valence-corrected chi connectivity index (χ0v) is 13.3. The summed E-state index contributed by atoms with van der Waals surface area (Å²) in [5.74, 6) is 0.630. The van der Waals surface area contributed by atoms with E-state index >= 15 is 0 Å². The lowest BCUT2D eigenvalue weighted by molar-refractivity contribution is -0.134. The number of rotatable bonds is 4. The van der Waals surface area contributed by atoms with Crippen molar-refractivity contribution in [2.75, 3.05) is 39.8 Å². The summed E-state index contributed by atoms with van der Waals surface area (Å²) in [5, 5.41) is 0.611. The van der Waals surface area contributed by atoms with E-state index in [2.05, 4.69) is 11.9 Å².